The maximum absolute atomic E-state index is 7.51. The van der Waals surface area contributed by atoms with Gasteiger partial charge in [0.25, 0.3) is 0 Å². The van der Waals surface area contributed by atoms with E-state index in [4.69, 9.17) is 5.26 Å². The molecule has 31 valence electrons. The summed E-state index contributed by atoms with van der Waals surface area (Å²) in [4.78, 5) is 0. The molecule has 0 fully saturated rings. The molecule has 0 rings (SSSR count). The van der Waals surface area contributed by atoms with Gasteiger partial charge in [0.1, 0.15) is 0 Å². The molecule has 0 spiro atoms. The Morgan fingerprint density at radius 1 is 1.67 bits per heavy atom. The summed E-state index contributed by atoms with van der Waals surface area (Å²) in [7, 11) is 0. The summed E-state index contributed by atoms with van der Waals surface area (Å²) in [6.45, 7) is 3.12. The Morgan fingerprint density at radius 2 is 1.83 bits per heavy atom. The van der Waals surface area contributed by atoms with Gasteiger partial charge in [-0.15, -0.1) is 0 Å². The molecule has 1 radical (unpaired) electrons. The molecule has 0 amide bonds. The first kappa shape index (κ1) is 16.3. The van der Waals surface area contributed by atoms with E-state index < -0.39 is 0 Å². The molecule has 0 heterocycles. The van der Waals surface area contributed by atoms with Gasteiger partial charge in [-0.25, -0.2) is 0 Å². The summed E-state index contributed by atoms with van der Waals surface area (Å²) in [5, 5.41) is 7.51. The van der Waals surface area contributed by atoms with Crippen LogP contribution < -0.4 is 0 Å². The van der Waals surface area contributed by atoms with Crippen molar-refractivity contribution in [3.05, 3.63) is 12.7 Å². The van der Waals surface area contributed by atoms with Crippen LogP contribution in [0.25, 0.3) is 0 Å². The summed E-state index contributed by atoms with van der Waals surface area (Å²) >= 11 is 0. The van der Waals surface area contributed by atoms with Crippen LogP contribution in [0.5, 0.6) is 0 Å². The average Bonchev–Trinajstić information content (AvgIpc) is 1.37. The molecular formula is C3H3Fe2N+5. The minimum absolute atomic E-state index is 0. The van der Waals surface area contributed by atoms with Crippen molar-refractivity contribution in [2.45, 2.75) is 0 Å². The van der Waals surface area contributed by atoms with Crippen LogP contribution >= 0.6 is 0 Å². The molecule has 0 atom stereocenters. The predicted octanol–water partition coefficient (Wildman–Crippen LogP) is 0.691. The van der Waals surface area contributed by atoms with E-state index in [-0.39, 0.29) is 34.1 Å². The number of allylic oxidation sites excluding steroid dienone is 1. The molecule has 0 bridgehead atoms. The van der Waals surface area contributed by atoms with Gasteiger partial charge in [-0.3, -0.25) is 0 Å². The van der Waals surface area contributed by atoms with Crippen molar-refractivity contribution < 1.29 is 34.1 Å². The van der Waals surface area contributed by atoms with Crippen LogP contribution in [0.2, 0.25) is 0 Å². The third-order valence-electron chi connectivity index (χ3n) is 0.0913. The maximum atomic E-state index is 7.51. The zero-order chi connectivity index (χ0) is 3.41. The molecule has 0 saturated carbocycles. The fraction of sp³-hybridized carbons (Fsp3) is 0. The normalized spacial score (nSPS) is 2.50. The second-order valence-corrected chi connectivity index (χ2v) is 0.333. The first-order valence-electron chi connectivity index (χ1n) is 0.921. The van der Waals surface area contributed by atoms with E-state index in [0.29, 0.717) is 0 Å². The Balaban J connectivity index is -0.0000000450. The molecule has 3 heteroatoms. The van der Waals surface area contributed by atoms with Crippen LogP contribution in [-0.4, -0.2) is 0 Å². The van der Waals surface area contributed by atoms with Gasteiger partial charge < -0.3 is 0 Å². The standard InChI is InChI=1S/C3H3N.2Fe/c1-2-3-4;;/h2H,1H2;;/q;+2;+3. The zero-order valence-corrected chi connectivity index (χ0v) is 5.15. The summed E-state index contributed by atoms with van der Waals surface area (Å²) in [6, 6.07) is 1.69. The third-order valence-corrected chi connectivity index (χ3v) is 0.0913. The second-order valence-electron chi connectivity index (χ2n) is 0.333. The number of hydrogen-bond donors (Lipinski definition) is 0. The molecule has 6 heavy (non-hydrogen) atoms. The smallest absolute Gasteiger partial charge is 0.193 e. The summed E-state index contributed by atoms with van der Waals surface area (Å²) in [5.41, 5.74) is 0. The summed E-state index contributed by atoms with van der Waals surface area (Å²) < 4.78 is 0. The molecule has 0 aromatic heterocycles. The fourth-order valence-electron chi connectivity index (χ4n) is 0. The number of nitrogens with zero attached hydrogens (tertiary/aromatic N) is 1. The molecule has 0 unspecified atom stereocenters. The molecule has 0 N–H and O–H groups in total. The van der Waals surface area contributed by atoms with E-state index in [1.807, 2.05) is 0 Å². The van der Waals surface area contributed by atoms with Crippen molar-refractivity contribution in [2.24, 2.45) is 0 Å². The van der Waals surface area contributed by atoms with Gasteiger partial charge in [-0.1, -0.05) is 6.58 Å². The Labute approximate surface area is 58.4 Å². The number of nitriles is 1. The van der Waals surface area contributed by atoms with E-state index in [1.54, 1.807) is 6.07 Å². The summed E-state index contributed by atoms with van der Waals surface area (Å²) in [6.07, 6.45) is 1.18. The largest absolute Gasteiger partial charge is 3.00 e. The van der Waals surface area contributed by atoms with Gasteiger partial charge in [0.15, 0.2) is 0 Å². The average molecular weight is 165 g/mol. The predicted molar refractivity (Wildman–Crippen MR) is 15.8 cm³/mol. The minimum atomic E-state index is 0. The van der Waals surface area contributed by atoms with E-state index in [0.717, 1.165) is 0 Å². The van der Waals surface area contributed by atoms with Crippen LogP contribution in [0.1, 0.15) is 0 Å². The van der Waals surface area contributed by atoms with Gasteiger partial charge in [-0.05, 0) is 0 Å². The Kier molecular flexibility index (Phi) is 50.6. The molecule has 0 aliphatic heterocycles. The Hall–Kier alpha value is 0.269. The molecule has 0 aromatic carbocycles. The monoisotopic (exact) mass is 165 g/mol. The van der Waals surface area contributed by atoms with Crippen molar-refractivity contribution in [3.63, 3.8) is 0 Å². The van der Waals surface area contributed by atoms with E-state index in [1.165, 1.54) is 6.08 Å². The van der Waals surface area contributed by atoms with Crippen LogP contribution in [0.15, 0.2) is 12.7 Å². The number of rotatable bonds is 0. The third kappa shape index (κ3) is 28.3. The zero-order valence-electron chi connectivity index (χ0n) is 2.94. The Morgan fingerprint density at radius 3 is 1.83 bits per heavy atom. The topological polar surface area (TPSA) is 23.8 Å². The fourth-order valence-corrected chi connectivity index (χ4v) is 0. The molecule has 0 saturated heterocycles. The molecule has 0 aliphatic rings. The van der Waals surface area contributed by atoms with Crippen LogP contribution in [0.3, 0.4) is 0 Å². The first-order chi connectivity index (χ1) is 1.91. The van der Waals surface area contributed by atoms with Crippen molar-refractivity contribution in [2.75, 3.05) is 0 Å². The van der Waals surface area contributed by atoms with Crippen LogP contribution in [0.4, 0.5) is 0 Å². The van der Waals surface area contributed by atoms with Crippen LogP contribution in [0, 0.1) is 11.3 Å². The quantitative estimate of drug-likeness (QED) is 0.382. The first-order valence-corrected chi connectivity index (χ1v) is 0.921. The van der Waals surface area contributed by atoms with Gasteiger partial charge in [-0.2, -0.15) is 5.26 Å². The Bertz CT molecular complexity index is 54.3. The second kappa shape index (κ2) is 18.7. The molecule has 0 aromatic rings. The van der Waals surface area contributed by atoms with Crippen molar-refractivity contribution in [1.82, 2.24) is 0 Å². The molecular weight excluding hydrogens is 162 g/mol. The number of hydrogen-bond acceptors (Lipinski definition) is 1. The van der Waals surface area contributed by atoms with Gasteiger partial charge in [0.2, 0.25) is 0 Å². The van der Waals surface area contributed by atoms with Crippen molar-refractivity contribution in [1.29, 1.82) is 5.26 Å². The maximum Gasteiger partial charge on any atom is 3.00 e. The van der Waals surface area contributed by atoms with Crippen molar-refractivity contribution >= 4 is 0 Å². The van der Waals surface area contributed by atoms with Gasteiger partial charge in [0.05, 0.1) is 6.07 Å². The van der Waals surface area contributed by atoms with E-state index in [2.05, 4.69) is 6.58 Å². The summed E-state index contributed by atoms with van der Waals surface area (Å²) in [5.74, 6) is 0. The van der Waals surface area contributed by atoms with Crippen molar-refractivity contribution in [3.8, 4) is 6.07 Å². The minimum Gasteiger partial charge on any atom is -0.193 e. The van der Waals surface area contributed by atoms with E-state index >= 15 is 0 Å². The molecule has 0 aliphatic carbocycles. The van der Waals surface area contributed by atoms with Gasteiger partial charge in [0, 0.05) is 6.08 Å². The SMILES string of the molecule is C=CC#N.[Fe+2].[Fe+3]. The van der Waals surface area contributed by atoms with E-state index in [9.17, 15) is 0 Å². The van der Waals surface area contributed by atoms with Gasteiger partial charge >= 0.3 is 34.1 Å². The van der Waals surface area contributed by atoms with Crippen LogP contribution in [-0.2, 0) is 34.1 Å². The molecule has 1 nitrogen and oxygen atoms in total.